The van der Waals surface area contributed by atoms with Gasteiger partial charge >= 0.3 is 0 Å². The van der Waals surface area contributed by atoms with E-state index in [1.807, 2.05) is 29.4 Å². The first-order chi connectivity index (χ1) is 13.5. The highest BCUT2D eigenvalue weighted by atomic mass is 16.3. The van der Waals surface area contributed by atoms with Gasteiger partial charge in [-0.3, -0.25) is 14.6 Å². The van der Waals surface area contributed by atoms with Crippen LogP contribution in [0.3, 0.4) is 0 Å². The van der Waals surface area contributed by atoms with Crippen LogP contribution < -0.4 is 0 Å². The molecule has 0 radical (unpaired) electrons. The number of carbonyl (C=O) groups is 2. The van der Waals surface area contributed by atoms with Crippen molar-refractivity contribution < 1.29 is 14.7 Å². The molecular formula is C22H29N3O3. The number of amides is 1. The molecule has 1 aliphatic carbocycles. The Bertz CT molecular complexity index is 852. The van der Waals surface area contributed by atoms with Crippen LogP contribution in [0.5, 0.6) is 0 Å². The number of fused-ring (bicyclic) bond motifs is 1. The van der Waals surface area contributed by atoms with Crippen LogP contribution in [0, 0.1) is 5.92 Å². The lowest BCUT2D eigenvalue weighted by Crippen LogP contribution is -2.48. The molecule has 6 nitrogen and oxygen atoms in total. The van der Waals surface area contributed by atoms with E-state index in [-0.39, 0.29) is 11.8 Å². The molecular weight excluding hydrogens is 354 g/mol. The summed E-state index contributed by atoms with van der Waals surface area (Å²) in [5.74, 6) is 0.534. The highest BCUT2D eigenvalue weighted by Gasteiger charge is 2.34. The summed E-state index contributed by atoms with van der Waals surface area (Å²) >= 11 is 0. The molecule has 1 saturated carbocycles. The van der Waals surface area contributed by atoms with Gasteiger partial charge in [0, 0.05) is 49.6 Å². The molecule has 6 heteroatoms. The maximum Gasteiger partial charge on any atom is 0.222 e. The first-order valence-electron chi connectivity index (χ1n) is 10.5. The van der Waals surface area contributed by atoms with E-state index in [1.54, 1.807) is 6.20 Å². The molecule has 0 bridgehead atoms. The summed E-state index contributed by atoms with van der Waals surface area (Å²) in [5.41, 5.74) is 0.212. The number of piperidine rings is 1. The lowest BCUT2D eigenvalue weighted by atomic mass is 9.84. The van der Waals surface area contributed by atoms with Crippen LogP contribution in [0.2, 0.25) is 0 Å². The number of carbonyl (C=O) groups excluding carboxylic acids is 2. The Morgan fingerprint density at radius 3 is 2.86 bits per heavy atom. The number of ketones is 1. The predicted octanol–water partition coefficient (Wildman–Crippen LogP) is 2.93. The van der Waals surface area contributed by atoms with Crippen LogP contribution in [0.1, 0.15) is 51.4 Å². The summed E-state index contributed by atoms with van der Waals surface area (Å²) in [6, 6.07) is 4.00. The fraction of sp³-hybridized carbons (Fsp3) is 0.591. The highest BCUT2D eigenvalue weighted by Crippen LogP contribution is 2.28. The number of aliphatic hydroxyl groups is 1. The second kappa shape index (κ2) is 8.03. The standard InChI is InChI=1S/C22H29N3O3/c26-20-4-2-1-3-18(20)5-6-21(27)24-13-9-22(28,10-14-24)16-25-12-8-17-7-11-23-15-19(17)25/h7-8,11-12,15,18,28H,1-6,9-10,13-14,16H2. The van der Waals surface area contributed by atoms with Gasteiger partial charge in [-0.2, -0.15) is 0 Å². The van der Waals surface area contributed by atoms with Crippen LogP contribution in [0.25, 0.3) is 10.9 Å². The van der Waals surface area contributed by atoms with Gasteiger partial charge in [0.1, 0.15) is 5.78 Å². The zero-order valence-corrected chi connectivity index (χ0v) is 16.3. The second-order valence-corrected chi connectivity index (χ2v) is 8.43. The molecule has 2 fully saturated rings. The Kier molecular flexibility index (Phi) is 5.49. The zero-order chi connectivity index (χ0) is 19.6. The maximum atomic E-state index is 12.6. The van der Waals surface area contributed by atoms with Crippen molar-refractivity contribution in [2.24, 2.45) is 5.92 Å². The van der Waals surface area contributed by atoms with E-state index in [1.165, 1.54) is 0 Å². The van der Waals surface area contributed by atoms with E-state index in [0.29, 0.717) is 57.5 Å². The molecule has 150 valence electrons. The van der Waals surface area contributed by atoms with E-state index >= 15 is 0 Å². The Morgan fingerprint density at radius 2 is 2.07 bits per heavy atom. The van der Waals surface area contributed by atoms with Crippen molar-refractivity contribution in [3.8, 4) is 0 Å². The van der Waals surface area contributed by atoms with E-state index < -0.39 is 5.60 Å². The van der Waals surface area contributed by atoms with Crippen LogP contribution in [-0.2, 0) is 16.1 Å². The minimum atomic E-state index is -0.808. The number of pyridine rings is 1. The summed E-state index contributed by atoms with van der Waals surface area (Å²) in [5, 5.41) is 12.2. The van der Waals surface area contributed by atoms with Crippen molar-refractivity contribution in [2.75, 3.05) is 13.1 Å². The Labute approximate surface area is 165 Å². The molecule has 4 rings (SSSR count). The van der Waals surface area contributed by atoms with Crippen molar-refractivity contribution >= 4 is 22.6 Å². The average Bonchev–Trinajstić information content (AvgIpc) is 3.10. The third kappa shape index (κ3) is 4.12. The Hall–Kier alpha value is -2.21. The van der Waals surface area contributed by atoms with Crippen molar-refractivity contribution in [2.45, 2.75) is 63.5 Å². The minimum Gasteiger partial charge on any atom is -0.388 e. The van der Waals surface area contributed by atoms with Crippen LogP contribution in [-0.4, -0.2) is 49.9 Å². The molecule has 2 aliphatic rings. The largest absolute Gasteiger partial charge is 0.388 e. The van der Waals surface area contributed by atoms with Gasteiger partial charge in [0.05, 0.1) is 23.9 Å². The molecule has 1 saturated heterocycles. The minimum absolute atomic E-state index is 0.0788. The van der Waals surface area contributed by atoms with Crippen LogP contribution in [0.4, 0.5) is 0 Å². The van der Waals surface area contributed by atoms with Crippen LogP contribution >= 0.6 is 0 Å². The number of likely N-dealkylation sites (tertiary alicyclic amines) is 1. The molecule has 0 aromatic carbocycles. The molecule has 1 aliphatic heterocycles. The average molecular weight is 383 g/mol. The molecule has 3 heterocycles. The van der Waals surface area contributed by atoms with Crippen molar-refractivity contribution in [1.82, 2.24) is 14.5 Å². The summed E-state index contributed by atoms with van der Waals surface area (Å²) in [4.78, 5) is 30.6. The van der Waals surface area contributed by atoms with Crippen molar-refractivity contribution in [3.05, 3.63) is 30.7 Å². The van der Waals surface area contributed by atoms with Crippen LogP contribution in [0.15, 0.2) is 30.7 Å². The van der Waals surface area contributed by atoms with E-state index in [0.717, 1.165) is 30.2 Å². The topological polar surface area (TPSA) is 75.4 Å². The molecule has 2 aromatic heterocycles. The zero-order valence-electron chi connectivity index (χ0n) is 16.3. The third-order valence-electron chi connectivity index (χ3n) is 6.48. The normalized spacial score (nSPS) is 22.5. The first kappa shape index (κ1) is 19.1. The van der Waals surface area contributed by atoms with Gasteiger partial charge in [-0.05, 0) is 44.2 Å². The van der Waals surface area contributed by atoms with Gasteiger partial charge < -0.3 is 14.6 Å². The summed E-state index contributed by atoms with van der Waals surface area (Å²) in [7, 11) is 0. The molecule has 0 spiro atoms. The van der Waals surface area contributed by atoms with Gasteiger partial charge in [0.25, 0.3) is 0 Å². The fourth-order valence-corrected chi connectivity index (χ4v) is 4.63. The Morgan fingerprint density at radius 1 is 1.25 bits per heavy atom. The SMILES string of the molecule is O=C1CCCCC1CCC(=O)N1CCC(O)(Cn2ccc3ccncc32)CC1. The highest BCUT2D eigenvalue weighted by molar-refractivity contribution is 5.83. The molecule has 1 atom stereocenters. The second-order valence-electron chi connectivity index (χ2n) is 8.43. The molecule has 1 N–H and O–H groups in total. The molecule has 1 unspecified atom stereocenters. The summed E-state index contributed by atoms with van der Waals surface area (Å²) in [6.07, 6.45) is 11.6. The number of nitrogens with zero attached hydrogens (tertiary/aromatic N) is 3. The third-order valence-corrected chi connectivity index (χ3v) is 6.48. The van der Waals surface area contributed by atoms with E-state index in [9.17, 15) is 14.7 Å². The van der Waals surface area contributed by atoms with Gasteiger partial charge in [-0.1, -0.05) is 6.42 Å². The van der Waals surface area contributed by atoms with Gasteiger partial charge in [-0.15, -0.1) is 0 Å². The lowest BCUT2D eigenvalue weighted by molar-refractivity contribution is -0.136. The van der Waals surface area contributed by atoms with Gasteiger partial charge in [0.2, 0.25) is 5.91 Å². The van der Waals surface area contributed by atoms with Gasteiger partial charge in [0.15, 0.2) is 0 Å². The number of Topliss-reactive ketones (excluding diaryl/α,β-unsaturated/α-hetero) is 1. The van der Waals surface area contributed by atoms with E-state index in [2.05, 4.69) is 9.55 Å². The fourth-order valence-electron chi connectivity index (χ4n) is 4.63. The number of aromatic nitrogens is 2. The van der Waals surface area contributed by atoms with Crippen molar-refractivity contribution in [3.63, 3.8) is 0 Å². The van der Waals surface area contributed by atoms with E-state index in [4.69, 9.17) is 0 Å². The monoisotopic (exact) mass is 383 g/mol. The Balaban J connectivity index is 1.29. The summed E-state index contributed by atoms with van der Waals surface area (Å²) in [6.45, 7) is 1.66. The molecule has 2 aromatic rings. The number of hydrogen-bond acceptors (Lipinski definition) is 4. The molecule has 1 amide bonds. The summed E-state index contributed by atoms with van der Waals surface area (Å²) < 4.78 is 2.05. The number of rotatable bonds is 5. The number of hydrogen-bond donors (Lipinski definition) is 1. The predicted molar refractivity (Wildman–Crippen MR) is 107 cm³/mol. The lowest BCUT2D eigenvalue weighted by Gasteiger charge is -2.38. The smallest absolute Gasteiger partial charge is 0.222 e. The first-order valence-corrected chi connectivity index (χ1v) is 10.5. The quantitative estimate of drug-likeness (QED) is 0.861. The maximum absolute atomic E-state index is 12.6. The van der Waals surface area contributed by atoms with Gasteiger partial charge in [-0.25, -0.2) is 0 Å². The van der Waals surface area contributed by atoms with Crippen molar-refractivity contribution in [1.29, 1.82) is 0 Å². The molecule has 28 heavy (non-hydrogen) atoms.